The quantitative estimate of drug-likeness (QED) is 0.0336. The molecular weight excluding hydrogens is 971 g/mol. The maximum atomic E-state index is 15.9. The first-order chi connectivity index (χ1) is 35.7. The van der Waals surface area contributed by atoms with Crippen molar-refractivity contribution in [2.75, 3.05) is 60.2 Å². The smallest absolute Gasteiger partial charge is 0.337 e. The molecule has 0 radical (unpaired) electrons. The molecule has 7 aliphatic rings. The fraction of sp³-hybridized carbons (Fsp3) is 0.382. The normalized spacial score (nSPS) is 24.3. The minimum Gasteiger partial charge on any atom is -0.493 e. The lowest BCUT2D eigenvalue weighted by atomic mass is 9.71. The summed E-state index contributed by atoms with van der Waals surface area (Å²) in [5.41, 5.74) is 4.13. The highest BCUT2D eigenvalue weighted by atomic mass is 32.2. The summed E-state index contributed by atoms with van der Waals surface area (Å²) in [6.07, 6.45) is 6.97. The molecule has 4 bridgehead atoms. The van der Waals surface area contributed by atoms with Gasteiger partial charge in [0.25, 0.3) is 5.69 Å². The number of nitro groups is 1. The SMILES string of the molecule is C=CCOc1cc2c(cc1OC)[C@@]1(CS[C@@H]3c4c(OC(C)=O)c(C)c5c(c4[C@@H](COC1=O)N1[C@@H]3[C@H]3c4c(cc(C)c(OC)c4OCC=C)C[C@@H]([C@@H]1C#N)N3C)OCO5)N(C(=O)/C=C/c1ccc([N+](=O)[O-])cc1)CC2. The number of ether oxygens (including phenoxy) is 8. The van der Waals surface area contributed by atoms with Crippen molar-refractivity contribution in [2.45, 2.75) is 74.6 Å². The zero-order valence-electron chi connectivity index (χ0n) is 41.8. The Morgan fingerprint density at radius 1 is 0.959 bits per heavy atom. The molecule has 0 unspecified atom stereocenters. The van der Waals surface area contributed by atoms with Gasteiger partial charge in [-0.1, -0.05) is 31.4 Å². The van der Waals surface area contributed by atoms with E-state index >= 15 is 9.59 Å². The van der Waals surface area contributed by atoms with E-state index in [0.29, 0.717) is 80.7 Å². The van der Waals surface area contributed by atoms with E-state index in [2.05, 4.69) is 35.1 Å². The van der Waals surface area contributed by atoms with Crippen LogP contribution in [0.5, 0.6) is 40.2 Å². The van der Waals surface area contributed by atoms with Crippen LogP contribution in [0.3, 0.4) is 0 Å². The van der Waals surface area contributed by atoms with Crippen molar-refractivity contribution in [1.29, 1.82) is 5.26 Å². The van der Waals surface area contributed by atoms with Crippen LogP contribution in [0.4, 0.5) is 5.69 Å². The zero-order valence-corrected chi connectivity index (χ0v) is 42.7. The minimum atomic E-state index is -1.85. The van der Waals surface area contributed by atoms with Gasteiger partial charge in [-0.15, -0.1) is 11.8 Å². The standard InChI is InChI=1S/C55H55N5O13S/c1-9-19-68-41-23-33-17-18-58(42(62)16-13-32-11-14-35(15-12-32)60(64)65)55(36(33)24-40(41)66-7)27-74-53-45-44(52-50(71-28-72-52)30(4)49(45)73-31(5)61)39(26-70-54(55)63)59-38(25-56)37-22-34-21-29(3)48(67-8)51(69-20-10-2)43(34)46(47(53)59)57(37)6/h9-16,21,23-24,37-39,46-47,53H,1-2,17-20,22,26-28H2,3-8H3/b16-13+/t37-,38-,39+,46+,47+,53+,55+/m0/s1. The highest BCUT2D eigenvalue weighted by molar-refractivity contribution is 7.99. The van der Waals surface area contributed by atoms with Gasteiger partial charge >= 0.3 is 11.9 Å². The number of nitrogens with zero attached hydrogens (tertiary/aromatic N) is 5. The Labute approximate surface area is 432 Å². The molecule has 0 N–H and O–H groups in total. The topological polar surface area (TPSA) is 202 Å². The van der Waals surface area contributed by atoms with Crippen molar-refractivity contribution < 1.29 is 57.2 Å². The van der Waals surface area contributed by atoms with Gasteiger partial charge in [0, 0.05) is 71.8 Å². The monoisotopic (exact) mass is 1030 g/mol. The van der Waals surface area contributed by atoms with Gasteiger partial charge < -0.3 is 42.8 Å². The number of nitriles is 1. The number of piperazine rings is 1. The molecule has 7 aliphatic heterocycles. The highest BCUT2D eigenvalue weighted by Crippen LogP contribution is 2.65. The second-order valence-corrected chi connectivity index (χ2v) is 20.1. The molecule has 1 spiro atoms. The summed E-state index contributed by atoms with van der Waals surface area (Å²) in [6, 6.07) is 10.9. The van der Waals surface area contributed by atoms with Gasteiger partial charge in [0.2, 0.25) is 12.7 Å². The van der Waals surface area contributed by atoms with Gasteiger partial charge in [-0.25, -0.2) is 4.79 Å². The Morgan fingerprint density at radius 3 is 2.39 bits per heavy atom. The van der Waals surface area contributed by atoms with Crippen molar-refractivity contribution in [3.63, 3.8) is 0 Å². The summed E-state index contributed by atoms with van der Waals surface area (Å²) in [4.78, 5) is 61.3. The number of benzene rings is 4. The average Bonchev–Trinajstić information content (AvgIpc) is 3.93. The van der Waals surface area contributed by atoms with Gasteiger partial charge in [-0.2, -0.15) is 5.26 Å². The van der Waals surface area contributed by atoms with Crippen LogP contribution in [0.1, 0.15) is 74.3 Å². The molecule has 2 saturated heterocycles. The van der Waals surface area contributed by atoms with Crippen LogP contribution in [0.25, 0.3) is 6.08 Å². The van der Waals surface area contributed by atoms with Crippen LogP contribution in [0, 0.1) is 35.3 Å². The predicted molar refractivity (Wildman–Crippen MR) is 272 cm³/mol. The lowest BCUT2D eigenvalue weighted by Gasteiger charge is -2.62. The summed E-state index contributed by atoms with van der Waals surface area (Å²) < 4.78 is 50.2. The van der Waals surface area contributed by atoms with Gasteiger partial charge in [0.15, 0.2) is 40.0 Å². The Morgan fingerprint density at radius 2 is 1.70 bits per heavy atom. The van der Waals surface area contributed by atoms with E-state index in [1.54, 1.807) is 31.4 Å². The summed E-state index contributed by atoms with van der Waals surface area (Å²) in [6.45, 7) is 12.8. The van der Waals surface area contributed by atoms with Crippen molar-refractivity contribution >= 4 is 41.4 Å². The number of methoxy groups -OCH3 is 2. The van der Waals surface area contributed by atoms with E-state index in [9.17, 15) is 20.2 Å². The number of hydrogen-bond acceptors (Lipinski definition) is 17. The number of esters is 2. The van der Waals surface area contributed by atoms with Crippen LogP contribution in [0.15, 0.2) is 73.9 Å². The molecule has 74 heavy (non-hydrogen) atoms. The predicted octanol–water partition coefficient (Wildman–Crippen LogP) is 7.57. The molecule has 1 amide bonds. The molecule has 19 heteroatoms. The summed E-state index contributed by atoms with van der Waals surface area (Å²) in [5, 5.41) is 22.2. The molecule has 0 saturated carbocycles. The number of carbonyl (C=O) groups excluding carboxylic acids is 3. The fourth-order valence-corrected chi connectivity index (χ4v) is 13.8. The average molecular weight is 1030 g/mol. The van der Waals surface area contributed by atoms with E-state index in [1.807, 2.05) is 27.0 Å². The largest absolute Gasteiger partial charge is 0.493 e. The van der Waals surface area contributed by atoms with Gasteiger partial charge in [-0.05, 0) is 91.9 Å². The minimum absolute atomic E-state index is 0.0656. The van der Waals surface area contributed by atoms with E-state index in [1.165, 1.54) is 61.0 Å². The lowest BCUT2D eigenvalue weighted by molar-refractivity contribution is -0.384. The Hall–Kier alpha value is -7.53. The zero-order chi connectivity index (χ0) is 52.3. The first-order valence-corrected chi connectivity index (χ1v) is 25.2. The van der Waals surface area contributed by atoms with Gasteiger partial charge in [-0.3, -0.25) is 29.5 Å². The fourth-order valence-electron chi connectivity index (χ4n) is 12.1. The number of nitro benzene ring substituents is 1. The first-order valence-electron chi connectivity index (χ1n) is 24.2. The number of fused-ring (bicyclic) bond motifs is 9. The van der Waals surface area contributed by atoms with Crippen LogP contribution in [-0.4, -0.2) is 116 Å². The third-order valence-electron chi connectivity index (χ3n) is 15.1. The summed E-state index contributed by atoms with van der Waals surface area (Å²) in [7, 11) is 5.10. The van der Waals surface area contributed by atoms with Gasteiger partial charge in [0.1, 0.15) is 31.6 Å². The molecule has 7 atom stereocenters. The number of rotatable bonds is 12. The Kier molecular flexibility index (Phi) is 13.3. The first kappa shape index (κ1) is 50.0. The number of aryl methyl sites for hydroxylation is 1. The lowest BCUT2D eigenvalue weighted by Crippen LogP contribution is -2.69. The van der Waals surface area contributed by atoms with Crippen molar-refractivity contribution in [1.82, 2.24) is 14.7 Å². The van der Waals surface area contributed by atoms with Crippen molar-refractivity contribution in [3.05, 3.63) is 134 Å². The number of thioether (sulfide) groups is 1. The third kappa shape index (κ3) is 7.89. The van der Waals surface area contributed by atoms with Crippen molar-refractivity contribution in [2.24, 2.45) is 0 Å². The van der Waals surface area contributed by atoms with E-state index in [-0.39, 0.29) is 56.4 Å². The molecule has 0 aliphatic carbocycles. The number of non-ortho nitro benzene ring substituents is 1. The van der Waals surface area contributed by atoms with Gasteiger partial charge in [0.05, 0.1) is 42.5 Å². The number of amides is 1. The number of carbonyl (C=O) groups is 3. The summed E-state index contributed by atoms with van der Waals surface area (Å²) in [5.74, 6) is 0.879. The maximum absolute atomic E-state index is 15.9. The molecule has 7 heterocycles. The van der Waals surface area contributed by atoms with E-state index < -0.39 is 57.7 Å². The van der Waals surface area contributed by atoms with Crippen LogP contribution in [0.2, 0.25) is 0 Å². The highest BCUT2D eigenvalue weighted by Gasteiger charge is 2.63. The van der Waals surface area contributed by atoms with Crippen LogP contribution >= 0.6 is 11.8 Å². The van der Waals surface area contributed by atoms with E-state index in [0.717, 1.165) is 16.7 Å². The molecule has 4 aromatic rings. The van der Waals surface area contributed by atoms with E-state index in [4.69, 9.17) is 37.9 Å². The molecule has 4 aromatic carbocycles. The third-order valence-corrected chi connectivity index (χ3v) is 16.6. The molecule has 11 rings (SSSR count). The Balaban J connectivity index is 1.23. The van der Waals surface area contributed by atoms with Crippen LogP contribution in [-0.2, 0) is 37.5 Å². The maximum Gasteiger partial charge on any atom is 0.337 e. The van der Waals surface area contributed by atoms with Crippen LogP contribution < -0.4 is 33.2 Å². The molecule has 18 nitrogen and oxygen atoms in total. The number of likely N-dealkylation sites (N-methyl/N-ethyl adjacent to an activating group) is 1. The van der Waals surface area contributed by atoms with Crippen molar-refractivity contribution in [3.8, 4) is 46.3 Å². The number of hydrogen-bond donors (Lipinski definition) is 0. The molecular formula is C55H55N5O13S. The molecule has 384 valence electrons. The Bertz CT molecular complexity index is 3100. The second kappa shape index (κ2) is 19.7. The summed E-state index contributed by atoms with van der Waals surface area (Å²) >= 11 is 1.37. The molecule has 2 fully saturated rings. The second-order valence-electron chi connectivity index (χ2n) is 18.9. The molecule has 0 aromatic heterocycles.